The molecule has 9 nitrogen and oxygen atoms in total. The Hall–Kier alpha value is -2.85. The second-order valence-corrected chi connectivity index (χ2v) is 6.87. The molecule has 0 saturated carbocycles. The summed E-state index contributed by atoms with van der Waals surface area (Å²) in [4.78, 5) is 12.5. The number of benzene rings is 2. The number of nitrogens with one attached hydrogen (secondary N) is 2. The van der Waals surface area contributed by atoms with E-state index in [-0.39, 0.29) is 41.4 Å². The second-order valence-electron chi connectivity index (χ2n) is 6.87. The summed E-state index contributed by atoms with van der Waals surface area (Å²) in [6, 6.07) is 6.26. The number of hydrogen-bond acceptors (Lipinski definition) is 8. The van der Waals surface area contributed by atoms with Gasteiger partial charge in [-0.05, 0) is 37.2 Å². The van der Waals surface area contributed by atoms with Crippen LogP contribution < -0.4 is 21.8 Å². The number of aliphatic hydroxyl groups is 1. The molecule has 10 heteroatoms. The lowest BCUT2D eigenvalue weighted by Gasteiger charge is -2.14. The van der Waals surface area contributed by atoms with Gasteiger partial charge in [-0.1, -0.05) is 0 Å². The number of rotatable bonds is 8. The monoisotopic (exact) mass is 433 g/mol. The highest BCUT2D eigenvalue weighted by Crippen LogP contribution is 2.42. The van der Waals surface area contributed by atoms with Gasteiger partial charge in [0.1, 0.15) is 17.0 Å². The average molecular weight is 434 g/mol. The van der Waals surface area contributed by atoms with Gasteiger partial charge in [-0.2, -0.15) is 5.10 Å². The number of nitrogens with zero attached hydrogens (tertiary/aromatic N) is 2. The normalized spacial score (nSPS) is 11.4. The van der Waals surface area contributed by atoms with Crippen LogP contribution in [0, 0.1) is 0 Å². The maximum Gasteiger partial charge on any atom is 0.192 e. The molecule has 0 amide bonds. The van der Waals surface area contributed by atoms with Gasteiger partial charge in [0, 0.05) is 30.7 Å². The van der Waals surface area contributed by atoms with Crippen molar-refractivity contribution < 1.29 is 15.3 Å². The minimum atomic E-state index is -0.402. The zero-order valence-electron chi connectivity index (χ0n) is 16.2. The fraction of sp³-hybridized carbons (Fsp3) is 0.300. The van der Waals surface area contributed by atoms with Crippen molar-refractivity contribution in [3.05, 3.63) is 40.2 Å². The number of pyridine rings is 1. The lowest BCUT2D eigenvalue weighted by molar-refractivity contribution is 0.291. The molecular weight excluding hydrogens is 410 g/mol. The molecule has 160 valence electrons. The Morgan fingerprint density at radius 3 is 2.60 bits per heavy atom. The molecular formula is C20H24ClN5O4. The Balaban J connectivity index is 0.00000256. The van der Waals surface area contributed by atoms with Crippen molar-refractivity contribution in [3.63, 3.8) is 0 Å². The first-order valence-corrected chi connectivity index (χ1v) is 9.48. The third-order valence-electron chi connectivity index (χ3n) is 5.00. The Morgan fingerprint density at radius 2 is 1.87 bits per heavy atom. The fourth-order valence-corrected chi connectivity index (χ4v) is 3.69. The molecule has 30 heavy (non-hydrogen) atoms. The van der Waals surface area contributed by atoms with Crippen LogP contribution in [0.25, 0.3) is 27.2 Å². The lowest BCUT2D eigenvalue weighted by atomic mass is 10.0. The smallest absolute Gasteiger partial charge is 0.192 e. The van der Waals surface area contributed by atoms with Crippen molar-refractivity contribution in [2.24, 2.45) is 5.73 Å². The number of hydrogen-bond donors (Lipinski definition) is 6. The Bertz CT molecular complexity index is 1240. The molecule has 0 saturated heterocycles. The summed E-state index contributed by atoms with van der Waals surface area (Å²) < 4.78 is 1.51. The van der Waals surface area contributed by atoms with Crippen LogP contribution in [0.15, 0.2) is 29.1 Å². The van der Waals surface area contributed by atoms with Gasteiger partial charge in [0.05, 0.1) is 28.6 Å². The highest BCUT2D eigenvalue weighted by Gasteiger charge is 2.23. The van der Waals surface area contributed by atoms with Crippen molar-refractivity contribution in [1.82, 2.24) is 14.9 Å². The summed E-state index contributed by atoms with van der Waals surface area (Å²) in [6.07, 6.45) is 0.748. The fourth-order valence-electron chi connectivity index (χ4n) is 3.69. The van der Waals surface area contributed by atoms with Gasteiger partial charge in [0.15, 0.2) is 5.43 Å². The van der Waals surface area contributed by atoms with E-state index in [0.717, 1.165) is 11.8 Å². The number of aromatic nitrogens is 2. The van der Waals surface area contributed by atoms with Gasteiger partial charge in [-0.15, -0.1) is 12.4 Å². The highest BCUT2D eigenvalue weighted by atomic mass is 35.5. The zero-order valence-corrected chi connectivity index (χ0v) is 17.0. The molecule has 0 atom stereocenters. The Morgan fingerprint density at radius 1 is 1.07 bits per heavy atom. The van der Waals surface area contributed by atoms with Crippen molar-refractivity contribution in [1.29, 1.82) is 0 Å². The number of anilines is 1. The summed E-state index contributed by atoms with van der Waals surface area (Å²) in [7, 11) is 0. The van der Waals surface area contributed by atoms with E-state index >= 15 is 0 Å². The van der Waals surface area contributed by atoms with E-state index in [1.165, 1.54) is 16.6 Å². The molecule has 0 fully saturated rings. The molecule has 2 heterocycles. The highest BCUT2D eigenvalue weighted by molar-refractivity contribution is 6.14. The van der Waals surface area contributed by atoms with Crippen LogP contribution in [0.2, 0.25) is 0 Å². The Kier molecular flexibility index (Phi) is 6.47. The van der Waals surface area contributed by atoms with E-state index in [2.05, 4.69) is 15.7 Å². The van der Waals surface area contributed by atoms with E-state index in [1.807, 2.05) is 12.1 Å². The van der Waals surface area contributed by atoms with Crippen molar-refractivity contribution >= 4 is 45.3 Å². The van der Waals surface area contributed by atoms with E-state index in [9.17, 15) is 15.0 Å². The SMILES string of the molecule is Cl.NCCCNc1ccc2c(CNCCO)nn3c4c(O)ccc(=O)c4c(O)c1c23. The van der Waals surface area contributed by atoms with Crippen molar-refractivity contribution in [2.45, 2.75) is 13.0 Å². The maximum atomic E-state index is 12.5. The van der Waals surface area contributed by atoms with Crippen LogP contribution in [0.1, 0.15) is 12.1 Å². The molecule has 0 bridgehead atoms. The van der Waals surface area contributed by atoms with Crippen LogP contribution in [0.5, 0.6) is 11.5 Å². The Labute approximate surface area is 177 Å². The third kappa shape index (κ3) is 3.46. The zero-order chi connectivity index (χ0) is 20.5. The van der Waals surface area contributed by atoms with Crippen molar-refractivity contribution in [2.75, 3.05) is 31.6 Å². The van der Waals surface area contributed by atoms with Crippen molar-refractivity contribution in [3.8, 4) is 11.5 Å². The molecule has 0 unspecified atom stereocenters. The number of phenolic OH excluding ortho intramolecular Hbond substituents is 1. The van der Waals surface area contributed by atoms with Gasteiger partial charge in [0.2, 0.25) is 0 Å². The molecule has 2 aromatic carbocycles. The number of phenols is 1. The minimum Gasteiger partial charge on any atom is -0.506 e. The van der Waals surface area contributed by atoms with E-state index in [4.69, 9.17) is 10.8 Å². The largest absolute Gasteiger partial charge is 0.506 e. The van der Waals surface area contributed by atoms with Gasteiger partial charge < -0.3 is 31.7 Å². The molecule has 7 N–H and O–H groups in total. The molecule has 2 aromatic heterocycles. The number of halogens is 1. The van der Waals surface area contributed by atoms with E-state index in [0.29, 0.717) is 48.5 Å². The van der Waals surface area contributed by atoms with Crippen LogP contribution >= 0.6 is 12.4 Å². The summed E-state index contributed by atoms with van der Waals surface area (Å²) in [6.45, 7) is 1.93. The summed E-state index contributed by atoms with van der Waals surface area (Å²) in [5, 5.41) is 42.7. The molecule has 0 spiro atoms. The molecule has 4 aromatic rings. The van der Waals surface area contributed by atoms with Gasteiger partial charge in [-0.25, -0.2) is 4.52 Å². The summed E-state index contributed by atoms with van der Waals surface area (Å²) in [5.41, 5.74) is 7.29. The molecule has 0 radical (unpaired) electrons. The number of fused-ring (bicyclic) bond motifs is 2. The number of aliphatic hydroxyl groups excluding tert-OH is 1. The van der Waals surface area contributed by atoms with Crippen LogP contribution in [-0.4, -0.2) is 51.2 Å². The summed E-state index contributed by atoms with van der Waals surface area (Å²) in [5.74, 6) is -0.332. The van der Waals surface area contributed by atoms with Gasteiger partial charge in [-0.3, -0.25) is 4.79 Å². The quantitative estimate of drug-likeness (QED) is 0.179. The molecule has 0 aliphatic rings. The van der Waals surface area contributed by atoms with Crippen LogP contribution in [0.4, 0.5) is 5.69 Å². The predicted octanol–water partition coefficient (Wildman–Crippen LogP) is 1.11. The van der Waals surface area contributed by atoms with Gasteiger partial charge in [0.25, 0.3) is 0 Å². The second kappa shape index (κ2) is 8.88. The maximum absolute atomic E-state index is 12.5. The topological polar surface area (TPSA) is 145 Å². The first-order valence-electron chi connectivity index (χ1n) is 9.48. The first-order chi connectivity index (χ1) is 14.1. The van der Waals surface area contributed by atoms with E-state index < -0.39 is 5.43 Å². The molecule has 4 rings (SSSR count). The van der Waals surface area contributed by atoms with Crippen LogP contribution in [-0.2, 0) is 6.54 Å². The number of nitrogens with two attached hydrogens (primary N) is 1. The molecule has 0 aliphatic heterocycles. The number of aromatic hydroxyl groups is 2. The summed E-state index contributed by atoms with van der Waals surface area (Å²) >= 11 is 0. The minimum absolute atomic E-state index is 0. The van der Waals surface area contributed by atoms with Crippen LogP contribution in [0.3, 0.4) is 0 Å². The molecule has 0 aliphatic carbocycles. The third-order valence-corrected chi connectivity index (χ3v) is 5.00. The predicted molar refractivity (Wildman–Crippen MR) is 119 cm³/mol. The lowest BCUT2D eigenvalue weighted by Crippen LogP contribution is -2.17. The standard InChI is InChI=1S/C20H23N5O4.ClH/c21-6-1-7-23-12-3-2-11-13(10-22-8-9-26)24-25-18(11)16(12)20(29)17-14(27)4-5-15(28)19(17)25;/h2-5,22-23,26,28-29H,1,6-10,21H2;1H. The first kappa shape index (κ1) is 21.8. The van der Waals surface area contributed by atoms with E-state index in [1.54, 1.807) is 0 Å². The average Bonchev–Trinajstić information content (AvgIpc) is 3.07. The van der Waals surface area contributed by atoms with Gasteiger partial charge >= 0.3 is 0 Å².